The van der Waals surface area contributed by atoms with E-state index in [-0.39, 0.29) is 16.9 Å². The van der Waals surface area contributed by atoms with Gasteiger partial charge in [0, 0.05) is 6.07 Å². The average Bonchev–Trinajstić information content (AvgIpc) is 2.35. The largest absolute Gasteiger partial charge is 0.573 e. The molecule has 1 aromatic rings. The number of nitriles is 1. The van der Waals surface area contributed by atoms with Crippen LogP contribution < -0.4 is 9.47 Å². The van der Waals surface area contributed by atoms with Crippen molar-refractivity contribution >= 4 is 5.97 Å². The molecule has 0 saturated carbocycles. The number of alkyl halides is 3. The minimum atomic E-state index is -4.94. The van der Waals surface area contributed by atoms with Gasteiger partial charge in [-0.3, -0.25) is 0 Å². The molecule has 0 aliphatic rings. The topological polar surface area (TPSA) is 68.6 Å². The van der Waals surface area contributed by atoms with Crippen molar-refractivity contribution in [3.05, 3.63) is 23.3 Å². The summed E-state index contributed by atoms with van der Waals surface area (Å²) in [6.07, 6.45) is -4.94. The zero-order valence-electron chi connectivity index (χ0n) is 9.87. The Morgan fingerprint density at radius 3 is 2.32 bits per heavy atom. The highest BCUT2D eigenvalue weighted by Gasteiger charge is 2.33. The molecule has 0 heterocycles. The monoisotopic (exact) mass is 275 g/mol. The Morgan fingerprint density at radius 2 is 1.89 bits per heavy atom. The number of carbonyl (C=O) groups is 1. The van der Waals surface area contributed by atoms with Gasteiger partial charge in [0.15, 0.2) is 11.5 Å². The van der Waals surface area contributed by atoms with Crippen molar-refractivity contribution in [2.45, 2.75) is 6.36 Å². The lowest BCUT2D eigenvalue weighted by Gasteiger charge is -2.14. The van der Waals surface area contributed by atoms with Crippen LogP contribution in [0.1, 0.15) is 15.9 Å². The van der Waals surface area contributed by atoms with Crippen LogP contribution in [0.15, 0.2) is 12.1 Å². The molecule has 102 valence electrons. The Labute approximate surface area is 106 Å². The van der Waals surface area contributed by atoms with Gasteiger partial charge in [0.05, 0.1) is 25.3 Å². The molecule has 0 N–H and O–H groups in total. The summed E-state index contributed by atoms with van der Waals surface area (Å²) in [4.78, 5) is 11.4. The smallest absolute Gasteiger partial charge is 0.493 e. The second-order valence-corrected chi connectivity index (χ2v) is 3.20. The van der Waals surface area contributed by atoms with E-state index in [4.69, 9.17) is 5.26 Å². The number of ether oxygens (including phenoxy) is 3. The summed E-state index contributed by atoms with van der Waals surface area (Å²) >= 11 is 0. The molecule has 0 aliphatic heterocycles. The standard InChI is InChI=1S/C11H8F3NO4/c1-17-8-4-7(10(16)18-2)6(5-15)3-9(8)19-11(12,13)14/h3-4H,1-2H3. The van der Waals surface area contributed by atoms with Gasteiger partial charge in [-0.15, -0.1) is 13.2 Å². The number of halogens is 3. The number of hydrogen-bond acceptors (Lipinski definition) is 5. The highest BCUT2D eigenvalue weighted by atomic mass is 19.4. The zero-order chi connectivity index (χ0) is 14.6. The first kappa shape index (κ1) is 14.6. The van der Waals surface area contributed by atoms with Gasteiger partial charge in [-0.2, -0.15) is 5.26 Å². The minimum Gasteiger partial charge on any atom is -0.493 e. The number of rotatable bonds is 3. The van der Waals surface area contributed by atoms with E-state index in [1.54, 1.807) is 6.07 Å². The van der Waals surface area contributed by atoms with Gasteiger partial charge in [0.1, 0.15) is 6.07 Å². The van der Waals surface area contributed by atoms with Crippen LogP contribution in [0, 0.1) is 11.3 Å². The highest BCUT2D eigenvalue weighted by molar-refractivity contribution is 5.93. The van der Waals surface area contributed by atoms with E-state index in [9.17, 15) is 18.0 Å². The first-order valence-electron chi connectivity index (χ1n) is 4.78. The SMILES string of the molecule is COC(=O)c1cc(OC)c(OC(F)(F)F)cc1C#N. The molecular formula is C11H8F3NO4. The van der Waals surface area contributed by atoms with Gasteiger partial charge in [0.2, 0.25) is 0 Å². The summed E-state index contributed by atoms with van der Waals surface area (Å²) in [6, 6.07) is 3.30. The van der Waals surface area contributed by atoms with Crippen molar-refractivity contribution < 1.29 is 32.2 Å². The number of esters is 1. The molecule has 1 aromatic carbocycles. The molecule has 1 rings (SSSR count). The number of nitrogens with zero attached hydrogens (tertiary/aromatic N) is 1. The summed E-state index contributed by atoms with van der Waals surface area (Å²) < 4.78 is 49.3. The highest BCUT2D eigenvalue weighted by Crippen LogP contribution is 2.34. The molecule has 19 heavy (non-hydrogen) atoms. The third-order valence-electron chi connectivity index (χ3n) is 2.06. The molecule has 0 atom stereocenters. The van der Waals surface area contributed by atoms with Crippen LogP contribution in [-0.4, -0.2) is 26.6 Å². The van der Waals surface area contributed by atoms with Crippen LogP contribution in [0.3, 0.4) is 0 Å². The third kappa shape index (κ3) is 3.51. The Kier molecular flexibility index (Phi) is 4.22. The molecule has 0 saturated heterocycles. The number of carbonyl (C=O) groups excluding carboxylic acids is 1. The summed E-state index contributed by atoms with van der Waals surface area (Å²) in [7, 11) is 2.18. The molecule has 0 amide bonds. The maximum atomic E-state index is 12.2. The minimum absolute atomic E-state index is 0.212. The van der Waals surface area contributed by atoms with Gasteiger partial charge in [-0.1, -0.05) is 0 Å². The number of methoxy groups -OCH3 is 2. The van der Waals surface area contributed by atoms with E-state index >= 15 is 0 Å². The van der Waals surface area contributed by atoms with Gasteiger partial charge >= 0.3 is 12.3 Å². The van der Waals surface area contributed by atoms with E-state index < -0.39 is 18.1 Å². The molecule has 0 aromatic heterocycles. The lowest BCUT2D eigenvalue weighted by atomic mass is 10.1. The van der Waals surface area contributed by atoms with E-state index in [0.29, 0.717) is 0 Å². The van der Waals surface area contributed by atoms with Crippen LogP contribution in [-0.2, 0) is 4.74 Å². The fourth-order valence-corrected chi connectivity index (χ4v) is 1.30. The second-order valence-electron chi connectivity index (χ2n) is 3.20. The van der Waals surface area contributed by atoms with Crippen LogP contribution in [0.2, 0.25) is 0 Å². The van der Waals surface area contributed by atoms with Crippen molar-refractivity contribution in [1.82, 2.24) is 0 Å². The van der Waals surface area contributed by atoms with Crippen molar-refractivity contribution in [3.63, 3.8) is 0 Å². The van der Waals surface area contributed by atoms with Crippen LogP contribution in [0.25, 0.3) is 0 Å². The normalized spacial score (nSPS) is 10.5. The van der Waals surface area contributed by atoms with E-state index in [0.717, 1.165) is 26.4 Å². The summed E-state index contributed by atoms with van der Waals surface area (Å²) in [5, 5.41) is 8.81. The van der Waals surface area contributed by atoms with Crippen molar-refractivity contribution in [2.24, 2.45) is 0 Å². The Balaban J connectivity index is 3.36. The fraction of sp³-hybridized carbons (Fsp3) is 0.273. The van der Waals surface area contributed by atoms with Gasteiger partial charge in [-0.25, -0.2) is 4.79 Å². The summed E-state index contributed by atoms with van der Waals surface area (Å²) in [5.74, 6) is -1.91. The maximum absolute atomic E-state index is 12.2. The average molecular weight is 275 g/mol. The molecule has 5 nitrogen and oxygen atoms in total. The van der Waals surface area contributed by atoms with E-state index in [1.807, 2.05) is 0 Å². The fourth-order valence-electron chi connectivity index (χ4n) is 1.30. The molecule has 0 radical (unpaired) electrons. The Bertz CT molecular complexity index is 534. The maximum Gasteiger partial charge on any atom is 0.573 e. The molecule has 8 heteroatoms. The molecular weight excluding hydrogens is 267 g/mol. The van der Waals surface area contributed by atoms with Gasteiger partial charge < -0.3 is 14.2 Å². The predicted molar refractivity (Wildman–Crippen MR) is 55.7 cm³/mol. The molecule has 0 aliphatic carbocycles. The predicted octanol–water partition coefficient (Wildman–Crippen LogP) is 2.25. The molecule has 0 bridgehead atoms. The lowest BCUT2D eigenvalue weighted by molar-refractivity contribution is -0.275. The van der Waals surface area contributed by atoms with Crippen molar-refractivity contribution in [1.29, 1.82) is 5.26 Å². The molecule has 0 spiro atoms. The van der Waals surface area contributed by atoms with E-state index in [1.165, 1.54) is 0 Å². The van der Waals surface area contributed by atoms with Gasteiger partial charge in [-0.05, 0) is 6.07 Å². The molecule has 0 unspecified atom stereocenters. The van der Waals surface area contributed by atoms with Crippen LogP contribution >= 0.6 is 0 Å². The zero-order valence-corrected chi connectivity index (χ0v) is 9.87. The quantitative estimate of drug-likeness (QED) is 0.791. The van der Waals surface area contributed by atoms with E-state index in [2.05, 4.69) is 14.2 Å². The van der Waals surface area contributed by atoms with Gasteiger partial charge in [0.25, 0.3) is 0 Å². The summed E-state index contributed by atoms with van der Waals surface area (Å²) in [5.41, 5.74) is -0.525. The first-order chi connectivity index (χ1) is 8.82. The second kappa shape index (κ2) is 5.48. The number of hydrogen-bond donors (Lipinski definition) is 0. The Hall–Kier alpha value is -2.43. The van der Waals surface area contributed by atoms with Crippen molar-refractivity contribution in [3.8, 4) is 17.6 Å². The lowest BCUT2D eigenvalue weighted by Crippen LogP contribution is -2.18. The molecule has 0 fully saturated rings. The Morgan fingerprint density at radius 1 is 1.26 bits per heavy atom. The van der Waals surface area contributed by atoms with Crippen LogP contribution in [0.5, 0.6) is 11.5 Å². The third-order valence-corrected chi connectivity index (χ3v) is 2.06. The summed E-state index contributed by atoms with van der Waals surface area (Å²) in [6.45, 7) is 0. The van der Waals surface area contributed by atoms with Crippen molar-refractivity contribution in [2.75, 3.05) is 14.2 Å². The number of benzene rings is 1. The first-order valence-corrected chi connectivity index (χ1v) is 4.78. The van der Waals surface area contributed by atoms with Crippen LogP contribution in [0.4, 0.5) is 13.2 Å².